The Hall–Kier alpha value is -1.22. The van der Waals surface area contributed by atoms with Gasteiger partial charge in [-0.15, -0.1) is 0 Å². The van der Waals surface area contributed by atoms with Gasteiger partial charge >= 0.3 is 0 Å². The van der Waals surface area contributed by atoms with Gasteiger partial charge in [0, 0.05) is 25.0 Å². The number of nitrogens with zero attached hydrogens (tertiary/aromatic N) is 1. The molecular formula is C13H20N2O. The van der Waals surface area contributed by atoms with E-state index in [0.717, 1.165) is 25.1 Å². The molecule has 0 aliphatic heterocycles. The molecule has 1 saturated carbocycles. The number of aliphatic hydroxyl groups excluding tert-OH is 1. The van der Waals surface area contributed by atoms with Crippen LogP contribution in [0.1, 0.15) is 18.4 Å². The first-order valence-electron chi connectivity index (χ1n) is 5.81. The van der Waals surface area contributed by atoms with E-state index in [-0.39, 0.29) is 6.10 Å². The lowest BCUT2D eigenvalue weighted by molar-refractivity contribution is 0.0465. The van der Waals surface area contributed by atoms with Crippen molar-refractivity contribution in [2.45, 2.75) is 25.9 Å². The van der Waals surface area contributed by atoms with E-state index in [4.69, 9.17) is 5.73 Å². The second-order valence-electron chi connectivity index (χ2n) is 4.92. The lowest BCUT2D eigenvalue weighted by Gasteiger charge is -2.35. The molecular weight excluding hydrogens is 200 g/mol. The van der Waals surface area contributed by atoms with Crippen molar-refractivity contribution < 1.29 is 5.11 Å². The van der Waals surface area contributed by atoms with Crippen LogP contribution >= 0.6 is 0 Å². The molecule has 2 rings (SSSR count). The van der Waals surface area contributed by atoms with E-state index >= 15 is 0 Å². The van der Waals surface area contributed by atoms with Crippen molar-refractivity contribution in [3.05, 3.63) is 23.8 Å². The van der Waals surface area contributed by atoms with E-state index in [1.807, 2.05) is 12.1 Å². The predicted octanol–water partition coefficient (Wildman–Crippen LogP) is 1.78. The molecule has 0 aromatic heterocycles. The molecule has 0 heterocycles. The molecule has 0 saturated heterocycles. The Balaban J connectivity index is 2.00. The van der Waals surface area contributed by atoms with Crippen molar-refractivity contribution in [1.82, 2.24) is 0 Å². The lowest BCUT2D eigenvalue weighted by atomic mass is 9.82. The van der Waals surface area contributed by atoms with Crippen LogP contribution in [-0.2, 0) is 0 Å². The predicted molar refractivity (Wildman–Crippen MR) is 67.6 cm³/mol. The SMILES string of the molecule is Cc1cc(N)ccc1N(C)CC1CC(O)C1. The minimum absolute atomic E-state index is 0.0640. The molecule has 3 N–H and O–H groups in total. The van der Waals surface area contributed by atoms with E-state index < -0.39 is 0 Å². The van der Waals surface area contributed by atoms with Crippen LogP contribution in [0.25, 0.3) is 0 Å². The quantitative estimate of drug-likeness (QED) is 0.763. The second-order valence-corrected chi connectivity index (χ2v) is 4.92. The largest absolute Gasteiger partial charge is 0.399 e. The zero-order chi connectivity index (χ0) is 11.7. The van der Waals surface area contributed by atoms with Crippen LogP contribution in [0.2, 0.25) is 0 Å². The normalized spacial score (nSPS) is 23.9. The first-order chi connectivity index (χ1) is 7.56. The third kappa shape index (κ3) is 2.30. The molecule has 1 aromatic carbocycles. The average Bonchev–Trinajstić information content (AvgIpc) is 2.15. The summed E-state index contributed by atoms with van der Waals surface area (Å²) >= 11 is 0. The molecule has 0 bridgehead atoms. The fourth-order valence-electron chi connectivity index (χ4n) is 2.44. The van der Waals surface area contributed by atoms with Gasteiger partial charge in [-0.25, -0.2) is 0 Å². The zero-order valence-electron chi connectivity index (χ0n) is 9.98. The summed E-state index contributed by atoms with van der Waals surface area (Å²) in [4.78, 5) is 2.26. The highest BCUT2D eigenvalue weighted by Gasteiger charge is 2.28. The summed E-state index contributed by atoms with van der Waals surface area (Å²) in [6.07, 6.45) is 1.82. The van der Waals surface area contributed by atoms with Crippen molar-refractivity contribution in [1.29, 1.82) is 0 Å². The van der Waals surface area contributed by atoms with Crippen molar-refractivity contribution in [3.8, 4) is 0 Å². The summed E-state index contributed by atoms with van der Waals surface area (Å²) in [5.41, 5.74) is 8.99. The third-order valence-electron chi connectivity index (χ3n) is 3.37. The fraction of sp³-hybridized carbons (Fsp3) is 0.538. The first-order valence-corrected chi connectivity index (χ1v) is 5.81. The molecule has 1 fully saturated rings. The van der Waals surface area contributed by atoms with Crippen molar-refractivity contribution in [3.63, 3.8) is 0 Å². The number of aliphatic hydroxyl groups is 1. The van der Waals surface area contributed by atoms with Crippen LogP contribution in [0.15, 0.2) is 18.2 Å². The summed E-state index contributed by atoms with van der Waals surface area (Å²) in [7, 11) is 2.10. The Morgan fingerprint density at radius 3 is 2.69 bits per heavy atom. The zero-order valence-corrected chi connectivity index (χ0v) is 9.98. The van der Waals surface area contributed by atoms with Gasteiger partial charge in [0.2, 0.25) is 0 Å². The molecule has 88 valence electrons. The van der Waals surface area contributed by atoms with Gasteiger partial charge in [0.25, 0.3) is 0 Å². The highest BCUT2D eigenvalue weighted by atomic mass is 16.3. The Labute approximate surface area is 96.9 Å². The number of benzene rings is 1. The molecule has 1 aliphatic rings. The smallest absolute Gasteiger partial charge is 0.0546 e. The Morgan fingerprint density at radius 2 is 2.12 bits per heavy atom. The molecule has 0 atom stereocenters. The minimum atomic E-state index is -0.0640. The van der Waals surface area contributed by atoms with E-state index in [9.17, 15) is 5.11 Å². The number of hydrogen-bond donors (Lipinski definition) is 2. The first kappa shape index (κ1) is 11.3. The van der Waals surface area contributed by atoms with Crippen molar-refractivity contribution in [2.75, 3.05) is 24.2 Å². The summed E-state index contributed by atoms with van der Waals surface area (Å²) in [5, 5.41) is 9.26. The number of nitrogen functional groups attached to an aromatic ring is 1. The number of nitrogens with two attached hydrogens (primary N) is 1. The second kappa shape index (κ2) is 4.34. The maximum absolute atomic E-state index is 9.26. The van der Waals surface area contributed by atoms with E-state index in [0.29, 0.717) is 5.92 Å². The number of aryl methyl sites for hydroxylation is 1. The van der Waals surface area contributed by atoms with Crippen LogP contribution < -0.4 is 10.6 Å². The molecule has 16 heavy (non-hydrogen) atoms. The van der Waals surface area contributed by atoms with E-state index in [1.165, 1.54) is 11.3 Å². The minimum Gasteiger partial charge on any atom is -0.399 e. The van der Waals surface area contributed by atoms with Crippen LogP contribution in [0.4, 0.5) is 11.4 Å². The van der Waals surface area contributed by atoms with Crippen LogP contribution in [-0.4, -0.2) is 24.8 Å². The molecule has 1 aliphatic carbocycles. The maximum Gasteiger partial charge on any atom is 0.0546 e. The van der Waals surface area contributed by atoms with Crippen molar-refractivity contribution >= 4 is 11.4 Å². The van der Waals surface area contributed by atoms with Crippen LogP contribution in [0, 0.1) is 12.8 Å². The lowest BCUT2D eigenvalue weighted by Crippen LogP contribution is -2.37. The standard InChI is InChI=1S/C13H20N2O/c1-9-5-11(14)3-4-13(9)15(2)8-10-6-12(16)7-10/h3-5,10,12,16H,6-8,14H2,1-2H3. The molecule has 0 spiro atoms. The topological polar surface area (TPSA) is 49.5 Å². The van der Waals surface area contributed by atoms with Crippen LogP contribution in [0.3, 0.4) is 0 Å². The van der Waals surface area contributed by atoms with Crippen LogP contribution in [0.5, 0.6) is 0 Å². The van der Waals surface area contributed by atoms with Gasteiger partial charge in [0.05, 0.1) is 6.10 Å². The van der Waals surface area contributed by atoms with Crippen molar-refractivity contribution in [2.24, 2.45) is 5.92 Å². The van der Waals surface area contributed by atoms with Gasteiger partial charge in [-0.1, -0.05) is 0 Å². The molecule has 0 unspecified atom stereocenters. The average molecular weight is 220 g/mol. The highest BCUT2D eigenvalue weighted by Crippen LogP contribution is 2.30. The number of anilines is 2. The molecule has 0 radical (unpaired) electrons. The summed E-state index contributed by atoms with van der Waals surface area (Å²) in [6.45, 7) is 3.10. The molecule has 0 amide bonds. The highest BCUT2D eigenvalue weighted by molar-refractivity contribution is 5.58. The third-order valence-corrected chi connectivity index (χ3v) is 3.37. The Morgan fingerprint density at radius 1 is 1.44 bits per heavy atom. The van der Waals surface area contributed by atoms with Gasteiger partial charge < -0.3 is 15.7 Å². The van der Waals surface area contributed by atoms with Gasteiger partial charge in [0.15, 0.2) is 0 Å². The molecule has 3 nitrogen and oxygen atoms in total. The summed E-state index contributed by atoms with van der Waals surface area (Å²) in [5.74, 6) is 0.636. The van der Waals surface area contributed by atoms with Gasteiger partial charge in [0.1, 0.15) is 0 Å². The maximum atomic E-state index is 9.26. The van der Waals surface area contributed by atoms with E-state index in [1.54, 1.807) is 0 Å². The molecule has 3 heteroatoms. The fourth-order valence-corrected chi connectivity index (χ4v) is 2.44. The van der Waals surface area contributed by atoms with Gasteiger partial charge in [-0.3, -0.25) is 0 Å². The number of rotatable bonds is 3. The van der Waals surface area contributed by atoms with Gasteiger partial charge in [-0.2, -0.15) is 0 Å². The Bertz CT molecular complexity index is 372. The van der Waals surface area contributed by atoms with Gasteiger partial charge in [-0.05, 0) is 49.4 Å². The summed E-state index contributed by atoms with van der Waals surface area (Å²) in [6, 6.07) is 6.01. The number of hydrogen-bond acceptors (Lipinski definition) is 3. The van der Waals surface area contributed by atoms with E-state index in [2.05, 4.69) is 24.9 Å². The Kier molecular flexibility index (Phi) is 3.06. The molecule has 1 aromatic rings. The summed E-state index contributed by atoms with van der Waals surface area (Å²) < 4.78 is 0. The monoisotopic (exact) mass is 220 g/mol.